The fraction of sp³-hybridized carbons (Fsp3) is 0.333. The highest BCUT2D eigenvalue weighted by molar-refractivity contribution is 7.39. The monoisotopic (exact) mass is 215 g/mol. The van der Waals surface area contributed by atoms with E-state index in [1.54, 1.807) is 6.07 Å². The summed E-state index contributed by atoms with van der Waals surface area (Å²) < 4.78 is 4.84. The molecule has 0 aromatic heterocycles. The van der Waals surface area contributed by atoms with E-state index in [9.17, 15) is 0 Å². The van der Waals surface area contributed by atoms with Gasteiger partial charge in [0.2, 0.25) is 0 Å². The maximum absolute atomic E-state index is 8.70. The average molecular weight is 215 g/mol. The van der Waals surface area contributed by atoms with Gasteiger partial charge in [-0.05, 0) is 30.7 Å². The van der Waals surface area contributed by atoms with E-state index in [0.717, 1.165) is 11.3 Å². The van der Waals surface area contributed by atoms with Crippen LogP contribution in [0.3, 0.4) is 0 Å². The van der Waals surface area contributed by atoms with Gasteiger partial charge in [0.1, 0.15) is 5.75 Å². The van der Waals surface area contributed by atoms with Crippen molar-refractivity contribution >= 4 is 14.3 Å². The molecule has 2 N–H and O–H groups in total. The van der Waals surface area contributed by atoms with E-state index in [4.69, 9.17) is 14.3 Å². The van der Waals surface area contributed by atoms with E-state index in [1.807, 2.05) is 38.1 Å². The Hall–Kier alpha value is -0.830. The molecule has 14 heavy (non-hydrogen) atoms. The van der Waals surface area contributed by atoms with Crippen LogP contribution in [0, 0.1) is 6.92 Å². The Balaban J connectivity index is 2.90. The van der Waals surface area contributed by atoms with Crippen LogP contribution in [-0.2, 0) is 0 Å². The number of rotatable bonds is 3. The second-order valence-corrected chi connectivity index (χ2v) is 3.88. The van der Waals surface area contributed by atoms with Crippen LogP contribution in [0.4, 0.5) is 5.69 Å². The minimum Gasteiger partial charge on any atom is -0.427 e. The molecule has 0 radical (unpaired) electrons. The zero-order valence-electron chi connectivity index (χ0n) is 8.43. The number of anilines is 1. The summed E-state index contributed by atoms with van der Waals surface area (Å²) in [7, 11) is 1.56. The molecule has 0 saturated heterocycles. The van der Waals surface area contributed by atoms with Gasteiger partial charge in [0.05, 0.1) is 0 Å². The molecule has 1 aromatic rings. The second-order valence-electron chi connectivity index (χ2n) is 3.19. The van der Waals surface area contributed by atoms with Crippen LogP contribution in [0.2, 0.25) is 0 Å². The van der Waals surface area contributed by atoms with Gasteiger partial charge in [-0.15, -0.1) is 0 Å². The van der Waals surface area contributed by atoms with Crippen LogP contribution in [0.25, 0.3) is 0 Å². The largest absolute Gasteiger partial charge is 0.427 e. The maximum Gasteiger partial charge on any atom is 0.391 e. The fourth-order valence-corrected chi connectivity index (χ4v) is 1.48. The summed E-state index contributed by atoms with van der Waals surface area (Å²) in [5.74, 6) is 0.506. The highest BCUT2D eigenvalue weighted by Crippen LogP contribution is 2.32. The van der Waals surface area contributed by atoms with Gasteiger partial charge in [0, 0.05) is 19.8 Å². The van der Waals surface area contributed by atoms with Crippen molar-refractivity contribution in [2.45, 2.75) is 6.92 Å². The van der Waals surface area contributed by atoms with Crippen molar-refractivity contribution < 1.29 is 14.3 Å². The minimum absolute atomic E-state index is 0.506. The normalized spacial score (nSPS) is 10.4. The molecule has 1 rings (SSSR count). The fourth-order valence-electron chi connectivity index (χ4n) is 1.10. The van der Waals surface area contributed by atoms with Gasteiger partial charge in [0.25, 0.3) is 0 Å². The average Bonchev–Trinajstić information content (AvgIpc) is 2.07. The molecule has 78 valence electrons. The molecular formula is C9H14NO3P. The summed E-state index contributed by atoms with van der Waals surface area (Å²) in [5.41, 5.74) is 1.93. The Morgan fingerprint density at radius 1 is 1.29 bits per heavy atom. The van der Waals surface area contributed by atoms with Gasteiger partial charge < -0.3 is 19.2 Å². The van der Waals surface area contributed by atoms with Crippen LogP contribution in [0.1, 0.15) is 5.56 Å². The first kappa shape index (κ1) is 11.2. The Morgan fingerprint density at radius 3 is 2.36 bits per heavy atom. The molecule has 0 aliphatic carbocycles. The summed E-state index contributed by atoms with van der Waals surface area (Å²) in [6.45, 7) is 1.86. The molecule has 5 heteroatoms. The van der Waals surface area contributed by atoms with Crippen LogP contribution < -0.4 is 9.42 Å². The first-order valence-corrected chi connectivity index (χ1v) is 5.31. The lowest BCUT2D eigenvalue weighted by Crippen LogP contribution is -2.08. The molecule has 0 unspecified atom stereocenters. The van der Waals surface area contributed by atoms with E-state index in [2.05, 4.69) is 0 Å². The summed E-state index contributed by atoms with van der Waals surface area (Å²) >= 11 is 0. The molecule has 0 heterocycles. The van der Waals surface area contributed by atoms with E-state index < -0.39 is 8.60 Å². The van der Waals surface area contributed by atoms with Crippen molar-refractivity contribution in [1.82, 2.24) is 0 Å². The Kier molecular flexibility index (Phi) is 3.69. The third kappa shape index (κ3) is 2.84. The Labute approximate surface area is 84.7 Å². The highest BCUT2D eigenvalue weighted by Gasteiger charge is 2.06. The van der Waals surface area contributed by atoms with Crippen LogP contribution >= 0.6 is 8.60 Å². The van der Waals surface area contributed by atoms with Gasteiger partial charge in [-0.1, -0.05) is 0 Å². The second kappa shape index (κ2) is 4.60. The number of aryl methyl sites for hydroxylation is 1. The van der Waals surface area contributed by atoms with Gasteiger partial charge in [-0.25, -0.2) is 0 Å². The molecule has 0 atom stereocenters. The van der Waals surface area contributed by atoms with Crippen molar-refractivity contribution in [3.05, 3.63) is 23.8 Å². The minimum atomic E-state index is -2.33. The predicted molar refractivity (Wildman–Crippen MR) is 57.5 cm³/mol. The molecule has 0 amide bonds. The Bertz CT molecular complexity index is 315. The number of nitrogens with zero attached hydrogens (tertiary/aromatic N) is 1. The van der Waals surface area contributed by atoms with Crippen molar-refractivity contribution in [2.75, 3.05) is 19.0 Å². The van der Waals surface area contributed by atoms with E-state index in [-0.39, 0.29) is 0 Å². The van der Waals surface area contributed by atoms with E-state index in [0.29, 0.717) is 5.75 Å². The molecule has 0 saturated carbocycles. The zero-order chi connectivity index (χ0) is 10.7. The van der Waals surface area contributed by atoms with Crippen molar-refractivity contribution in [2.24, 2.45) is 0 Å². The first-order valence-electron chi connectivity index (χ1n) is 4.14. The van der Waals surface area contributed by atoms with Crippen molar-refractivity contribution in [3.8, 4) is 5.75 Å². The smallest absolute Gasteiger partial charge is 0.391 e. The number of hydrogen-bond donors (Lipinski definition) is 2. The third-order valence-electron chi connectivity index (χ3n) is 1.85. The lowest BCUT2D eigenvalue weighted by atomic mass is 10.2. The first-order chi connectivity index (χ1) is 6.50. The quantitative estimate of drug-likeness (QED) is 0.753. The SMILES string of the molecule is Cc1cc(N(C)C)ccc1OP(O)O. The highest BCUT2D eigenvalue weighted by atomic mass is 31.2. The summed E-state index contributed by atoms with van der Waals surface area (Å²) in [6.07, 6.45) is 0. The molecule has 0 bridgehead atoms. The Morgan fingerprint density at radius 2 is 1.93 bits per heavy atom. The van der Waals surface area contributed by atoms with Crippen LogP contribution in [0.5, 0.6) is 5.75 Å². The molecule has 4 nitrogen and oxygen atoms in total. The zero-order valence-corrected chi connectivity index (χ0v) is 9.32. The van der Waals surface area contributed by atoms with Crippen LogP contribution in [0.15, 0.2) is 18.2 Å². The van der Waals surface area contributed by atoms with Gasteiger partial charge in [0.15, 0.2) is 0 Å². The molecule has 1 aromatic carbocycles. The third-order valence-corrected chi connectivity index (χ3v) is 2.21. The van der Waals surface area contributed by atoms with Gasteiger partial charge in [-0.3, -0.25) is 0 Å². The molecule has 0 spiro atoms. The van der Waals surface area contributed by atoms with E-state index >= 15 is 0 Å². The lowest BCUT2D eigenvalue weighted by molar-refractivity contribution is 0.374. The standard InChI is InChI=1S/C9H14NO3P/c1-7-6-8(10(2)3)4-5-9(7)13-14(11)12/h4-6,11-12H,1-3H3. The predicted octanol–water partition coefficient (Wildman–Crippen LogP) is 1.65. The van der Waals surface area contributed by atoms with Gasteiger partial charge in [-0.2, -0.15) is 0 Å². The van der Waals surface area contributed by atoms with Gasteiger partial charge >= 0.3 is 8.60 Å². The van der Waals surface area contributed by atoms with Crippen LogP contribution in [-0.4, -0.2) is 23.9 Å². The summed E-state index contributed by atoms with van der Waals surface area (Å²) in [4.78, 5) is 19.4. The maximum atomic E-state index is 8.70. The van der Waals surface area contributed by atoms with E-state index in [1.165, 1.54) is 0 Å². The number of benzene rings is 1. The lowest BCUT2D eigenvalue weighted by Gasteiger charge is -2.15. The number of hydrogen-bond acceptors (Lipinski definition) is 4. The molecule has 0 aliphatic heterocycles. The molecule has 0 fully saturated rings. The van der Waals surface area contributed by atoms with Crippen molar-refractivity contribution in [3.63, 3.8) is 0 Å². The molecular weight excluding hydrogens is 201 g/mol. The topological polar surface area (TPSA) is 52.9 Å². The van der Waals surface area contributed by atoms with Crippen molar-refractivity contribution in [1.29, 1.82) is 0 Å². The molecule has 0 aliphatic rings. The summed E-state index contributed by atoms with van der Waals surface area (Å²) in [6, 6.07) is 5.52. The summed E-state index contributed by atoms with van der Waals surface area (Å²) in [5, 5.41) is 0.